The van der Waals surface area contributed by atoms with Crippen LogP contribution in [0.15, 0.2) is 0 Å². The van der Waals surface area contributed by atoms with Crippen LogP contribution in [0.1, 0.15) is 1.43 Å². The van der Waals surface area contributed by atoms with Crippen LogP contribution in [0.25, 0.3) is 0 Å². The van der Waals surface area contributed by atoms with Crippen LogP contribution < -0.4 is 18.9 Å². The third-order valence-electron chi connectivity index (χ3n) is 0. The molecule has 0 amide bonds. The van der Waals surface area contributed by atoms with Gasteiger partial charge in [-0.05, 0) is 0 Å². The zero-order chi connectivity index (χ0) is 3.58. The predicted molar refractivity (Wildman–Crippen MR) is 11.8 cm³/mol. The van der Waals surface area contributed by atoms with Crippen molar-refractivity contribution in [3.05, 3.63) is 0 Å². The number of hydrogen-bond donors (Lipinski definition) is 2. The Bertz CT molecular complexity index is 37.9. The van der Waals surface area contributed by atoms with E-state index in [0.29, 0.717) is 0 Å². The number of hydrogen-bond acceptors (Lipinski definition) is 1. The summed E-state index contributed by atoms with van der Waals surface area (Å²) in [5, 5.41) is 13.9. The molecule has 0 fully saturated rings. The van der Waals surface area contributed by atoms with Crippen LogP contribution in [-0.4, -0.2) is 16.4 Å². The number of rotatable bonds is 0. The fourth-order valence-electron chi connectivity index (χ4n) is 0. The van der Waals surface area contributed by atoms with Gasteiger partial charge in [-0.25, -0.2) is 4.79 Å². The smallest absolute Gasteiger partial charge is 1.00 e. The van der Waals surface area contributed by atoms with Gasteiger partial charge in [0.15, 0.2) is 0 Å². The van der Waals surface area contributed by atoms with Gasteiger partial charge in [-0.1, -0.05) is 0 Å². The molecule has 0 saturated heterocycles. The summed E-state index contributed by atoms with van der Waals surface area (Å²) >= 11 is 0. The minimum absolute atomic E-state index is 0. The first-order valence-corrected chi connectivity index (χ1v) is 0.651. The molecule has 0 aliphatic rings. The van der Waals surface area contributed by atoms with Gasteiger partial charge in [0.1, 0.15) is 0 Å². The van der Waals surface area contributed by atoms with Gasteiger partial charge in [-0.15, -0.1) is 0 Å². The molecule has 6 heavy (non-hydrogen) atoms. The van der Waals surface area contributed by atoms with Crippen molar-refractivity contribution in [3.63, 3.8) is 0 Å². The van der Waals surface area contributed by atoms with Crippen molar-refractivity contribution >= 4 is 6.16 Å². The monoisotopic (exact) mass is 168 g/mol. The Morgan fingerprint density at radius 2 is 1.50 bits per heavy atom. The minimum atomic E-state index is -1.83. The zero-order valence-electron chi connectivity index (χ0n) is 4.21. The molecule has 0 aliphatic carbocycles. The van der Waals surface area contributed by atoms with E-state index in [4.69, 9.17) is 15.0 Å². The van der Waals surface area contributed by atoms with Crippen LogP contribution in [0.4, 0.5) is 4.79 Å². The van der Waals surface area contributed by atoms with Crippen molar-refractivity contribution in [2.24, 2.45) is 0 Å². The first-order valence-electron chi connectivity index (χ1n) is 0.651. The summed E-state index contributed by atoms with van der Waals surface area (Å²) in [6, 6.07) is 0. The summed E-state index contributed by atoms with van der Waals surface area (Å²) < 4.78 is 0. The molecule has 0 bridgehead atoms. The molecule has 0 unspecified atom stereocenters. The maximum Gasteiger partial charge on any atom is 1.00 e. The topological polar surface area (TPSA) is 57.5 Å². The Labute approximate surface area is 62.7 Å². The van der Waals surface area contributed by atoms with Crippen molar-refractivity contribution in [2.75, 3.05) is 0 Å². The second kappa shape index (κ2) is 9.12. The van der Waals surface area contributed by atoms with Crippen LogP contribution in [0.2, 0.25) is 0 Å². The normalized spacial score (nSPS) is 4.00. The summed E-state index contributed by atoms with van der Waals surface area (Å²) in [6.45, 7) is 0. The maximum atomic E-state index is 8.56. The summed E-state index contributed by atoms with van der Waals surface area (Å²) in [5.74, 6) is 0. The van der Waals surface area contributed by atoms with Gasteiger partial charge < -0.3 is 11.6 Å². The van der Waals surface area contributed by atoms with Crippen LogP contribution in [0.5, 0.6) is 0 Å². The summed E-state index contributed by atoms with van der Waals surface area (Å²) in [4.78, 5) is 8.56. The quantitative estimate of drug-likeness (QED) is 0.386. The molecule has 0 aromatic heterocycles. The van der Waals surface area contributed by atoms with E-state index >= 15 is 0 Å². The van der Waals surface area contributed by atoms with Gasteiger partial charge >= 0.3 is 25.0 Å². The maximum absolute atomic E-state index is 8.56. The minimum Gasteiger partial charge on any atom is -1.00 e. The fraction of sp³-hybridized carbons (Fsp3) is 0. The van der Waals surface area contributed by atoms with Gasteiger partial charge in [0.2, 0.25) is 0 Å². The van der Waals surface area contributed by atoms with E-state index < -0.39 is 6.16 Å². The Hall–Kier alpha value is 0.556. The van der Waals surface area contributed by atoms with Gasteiger partial charge in [-0.2, -0.15) is 0 Å². The molecule has 0 rings (SSSR count). The summed E-state index contributed by atoms with van der Waals surface area (Å²) in [5.41, 5.74) is 0. The predicted octanol–water partition coefficient (Wildman–Crippen LogP) is -2.66. The Morgan fingerprint density at radius 3 is 1.50 bits per heavy atom. The second-order valence-corrected chi connectivity index (χ2v) is 0.283. The second-order valence-electron chi connectivity index (χ2n) is 0.283. The van der Waals surface area contributed by atoms with E-state index in [1.807, 2.05) is 0 Å². The van der Waals surface area contributed by atoms with Crippen molar-refractivity contribution in [2.45, 2.75) is 0 Å². The van der Waals surface area contributed by atoms with E-state index in [1.54, 1.807) is 0 Å². The molecule has 3 nitrogen and oxygen atoms in total. The van der Waals surface area contributed by atoms with Gasteiger partial charge in [0.05, 0.1) is 0 Å². The SMILES string of the molecule is O=C(O)O.[H-].[Li+].[Mo]. The molecule has 32 valence electrons. The van der Waals surface area contributed by atoms with E-state index in [0.717, 1.165) is 0 Å². The third-order valence-corrected chi connectivity index (χ3v) is 0. The van der Waals surface area contributed by atoms with Crippen LogP contribution in [0.3, 0.4) is 0 Å². The average Bonchev–Trinajstić information content (AvgIpc) is 0.811. The Morgan fingerprint density at radius 1 is 1.50 bits per heavy atom. The van der Waals surface area contributed by atoms with Crippen molar-refractivity contribution in [1.82, 2.24) is 0 Å². The van der Waals surface area contributed by atoms with Gasteiger partial charge in [0.25, 0.3) is 0 Å². The Kier molecular flexibility index (Phi) is 24.3. The van der Waals surface area contributed by atoms with Crippen molar-refractivity contribution in [3.8, 4) is 0 Å². The van der Waals surface area contributed by atoms with E-state index in [9.17, 15) is 0 Å². The number of carbonyl (C=O) groups is 1. The van der Waals surface area contributed by atoms with Crippen molar-refractivity contribution < 1.29 is 56.4 Å². The third kappa shape index (κ3) is 187. The summed E-state index contributed by atoms with van der Waals surface area (Å²) in [6.07, 6.45) is -1.83. The molecule has 0 aliphatic heterocycles. The van der Waals surface area contributed by atoms with Crippen LogP contribution in [-0.2, 0) is 21.1 Å². The zero-order valence-corrected chi connectivity index (χ0v) is 5.22. The first kappa shape index (κ1) is 16.0. The molecule has 0 radical (unpaired) electrons. The molecule has 0 aromatic rings. The van der Waals surface area contributed by atoms with Gasteiger partial charge in [0, 0.05) is 21.1 Å². The molecule has 0 saturated carbocycles. The van der Waals surface area contributed by atoms with Crippen LogP contribution >= 0.6 is 0 Å². The van der Waals surface area contributed by atoms with E-state index in [2.05, 4.69) is 0 Å². The molecular weight excluding hydrogens is 163 g/mol. The van der Waals surface area contributed by atoms with E-state index in [1.165, 1.54) is 0 Å². The molecule has 0 spiro atoms. The summed E-state index contributed by atoms with van der Waals surface area (Å²) in [7, 11) is 0. The molecule has 0 aromatic carbocycles. The average molecular weight is 166 g/mol. The molecule has 2 N–H and O–H groups in total. The largest absolute Gasteiger partial charge is 1.00 e. The Balaban J connectivity index is -0.0000000150. The van der Waals surface area contributed by atoms with Crippen molar-refractivity contribution in [1.29, 1.82) is 0 Å². The fourth-order valence-corrected chi connectivity index (χ4v) is 0. The molecule has 0 heterocycles. The molecule has 0 atom stereocenters. The standard InChI is InChI=1S/CH2O3.Li.Mo.H/c2-1(3)4;;;/h(H2,2,3,4);;;/q;+1;;-1. The van der Waals surface area contributed by atoms with E-state index in [-0.39, 0.29) is 41.4 Å². The first-order chi connectivity index (χ1) is 1.73. The molecular formula is CH3LiMoO3. The van der Waals surface area contributed by atoms with Gasteiger partial charge in [-0.3, -0.25) is 0 Å². The number of carboxylic acid groups (broad SMARTS) is 2. The molecule has 5 heteroatoms. The van der Waals surface area contributed by atoms with Crippen LogP contribution in [0, 0.1) is 0 Å².